The molecule has 17 heavy (non-hydrogen) atoms. The van der Waals surface area contributed by atoms with Crippen LogP contribution in [0.1, 0.15) is 5.56 Å². The van der Waals surface area contributed by atoms with E-state index in [4.69, 9.17) is 11.6 Å². The molecule has 0 aliphatic carbocycles. The third-order valence-corrected chi connectivity index (χ3v) is 2.38. The van der Waals surface area contributed by atoms with Gasteiger partial charge in [0, 0.05) is 13.6 Å². The van der Waals surface area contributed by atoms with Crippen molar-refractivity contribution in [3.05, 3.63) is 35.5 Å². The van der Waals surface area contributed by atoms with E-state index in [1.54, 1.807) is 31.3 Å². The van der Waals surface area contributed by atoms with Gasteiger partial charge in [-0.3, -0.25) is 0 Å². The van der Waals surface area contributed by atoms with Gasteiger partial charge in [-0.25, -0.2) is 5.84 Å². The molecule has 5 N–H and O–H groups in total. The molecule has 1 rings (SSSR count). The van der Waals surface area contributed by atoms with Crippen LogP contribution in [0.5, 0.6) is 5.75 Å². The molecule has 0 aliphatic rings. The molecule has 0 spiro atoms. The summed E-state index contributed by atoms with van der Waals surface area (Å²) >= 11 is 0. The Kier molecular flexibility index (Phi) is 4.37. The Morgan fingerprint density at radius 3 is 2.12 bits per heavy atom. The van der Waals surface area contributed by atoms with Crippen molar-refractivity contribution in [3.63, 3.8) is 0 Å². The van der Waals surface area contributed by atoms with E-state index < -0.39 is 0 Å². The summed E-state index contributed by atoms with van der Waals surface area (Å²) in [5, 5.41) is 10.7. The van der Waals surface area contributed by atoms with Crippen LogP contribution in [0.15, 0.2) is 30.0 Å². The Hall–Kier alpha value is -1.72. The molecule has 0 unspecified atom stereocenters. The van der Waals surface area contributed by atoms with Gasteiger partial charge in [0.2, 0.25) is 0 Å². The Morgan fingerprint density at radius 1 is 1.18 bits per heavy atom. The van der Waals surface area contributed by atoms with Crippen LogP contribution in [-0.4, -0.2) is 42.7 Å². The quantitative estimate of drug-likeness (QED) is 0.520. The van der Waals surface area contributed by atoms with E-state index in [-0.39, 0.29) is 5.75 Å². The first kappa shape index (κ1) is 13.3. The van der Waals surface area contributed by atoms with E-state index in [0.717, 1.165) is 11.3 Å². The minimum atomic E-state index is 0.219. The van der Waals surface area contributed by atoms with Gasteiger partial charge in [0.15, 0.2) is 0 Å². The van der Waals surface area contributed by atoms with Crippen LogP contribution in [0, 0.1) is 0 Å². The van der Waals surface area contributed by atoms with Crippen molar-refractivity contribution in [3.8, 4) is 5.75 Å². The van der Waals surface area contributed by atoms with Gasteiger partial charge < -0.3 is 20.7 Å². The van der Waals surface area contributed by atoms with Gasteiger partial charge in [0.25, 0.3) is 0 Å². The van der Waals surface area contributed by atoms with Crippen molar-refractivity contribution >= 4 is 5.70 Å². The standard InChI is InChI=1S/C12H20N4O/c1-15(2)8-11(16(3)14)12(13)9-4-6-10(17)7-5-9/h4-7,17H,8,13-14H2,1-3H3/b12-11-. The number of phenols is 1. The lowest BCUT2D eigenvalue weighted by molar-refractivity contribution is 0.355. The SMILES string of the molecule is CN(C)C/C(=C(/N)c1ccc(O)cc1)N(C)N. The van der Waals surface area contributed by atoms with Gasteiger partial charge in [0.1, 0.15) is 5.75 Å². The molecular formula is C12H20N4O. The summed E-state index contributed by atoms with van der Waals surface area (Å²) in [6.45, 7) is 0.652. The summed E-state index contributed by atoms with van der Waals surface area (Å²) in [6, 6.07) is 6.74. The molecule has 0 heterocycles. The molecule has 5 nitrogen and oxygen atoms in total. The zero-order chi connectivity index (χ0) is 13.0. The molecule has 5 heteroatoms. The highest BCUT2D eigenvalue weighted by molar-refractivity contribution is 5.66. The molecule has 0 aliphatic heterocycles. The summed E-state index contributed by atoms with van der Waals surface area (Å²) in [5.41, 5.74) is 8.38. The molecule has 0 radical (unpaired) electrons. The monoisotopic (exact) mass is 236 g/mol. The molecule has 0 bridgehead atoms. The number of benzene rings is 1. The van der Waals surface area contributed by atoms with Crippen molar-refractivity contribution in [1.82, 2.24) is 9.91 Å². The summed E-state index contributed by atoms with van der Waals surface area (Å²) < 4.78 is 0. The molecule has 0 atom stereocenters. The number of nitrogens with zero attached hydrogens (tertiary/aromatic N) is 2. The van der Waals surface area contributed by atoms with E-state index in [1.165, 1.54) is 5.01 Å². The lowest BCUT2D eigenvalue weighted by atomic mass is 10.1. The maximum Gasteiger partial charge on any atom is 0.115 e. The van der Waals surface area contributed by atoms with Crippen LogP contribution in [0.4, 0.5) is 0 Å². The fourth-order valence-electron chi connectivity index (χ4n) is 1.49. The molecule has 0 saturated carbocycles. The fraction of sp³-hybridized carbons (Fsp3) is 0.333. The number of rotatable bonds is 4. The predicted octanol–water partition coefficient (Wildman–Crippen LogP) is 0.387. The highest BCUT2D eigenvalue weighted by Gasteiger charge is 2.10. The minimum absolute atomic E-state index is 0.219. The smallest absolute Gasteiger partial charge is 0.115 e. The summed E-state index contributed by atoms with van der Waals surface area (Å²) in [7, 11) is 5.66. The molecule has 0 amide bonds. The predicted molar refractivity (Wildman–Crippen MR) is 69.7 cm³/mol. The normalized spacial score (nSPS) is 12.5. The molecule has 1 aromatic carbocycles. The van der Waals surface area contributed by atoms with Crippen molar-refractivity contribution in [2.24, 2.45) is 11.6 Å². The van der Waals surface area contributed by atoms with Crippen molar-refractivity contribution in [2.45, 2.75) is 0 Å². The lowest BCUT2D eigenvalue weighted by Crippen LogP contribution is -2.33. The number of hydrogen-bond donors (Lipinski definition) is 3. The fourth-order valence-corrected chi connectivity index (χ4v) is 1.49. The molecule has 94 valence electrons. The van der Waals surface area contributed by atoms with Gasteiger partial charge in [-0.2, -0.15) is 0 Å². The second kappa shape index (κ2) is 5.56. The molecule has 0 saturated heterocycles. The van der Waals surface area contributed by atoms with Crippen LogP contribution in [0.3, 0.4) is 0 Å². The second-order valence-corrected chi connectivity index (χ2v) is 4.26. The zero-order valence-corrected chi connectivity index (χ0v) is 10.5. The van der Waals surface area contributed by atoms with E-state index in [1.807, 2.05) is 19.0 Å². The Balaban J connectivity index is 3.10. The molecule has 0 fully saturated rings. The highest BCUT2D eigenvalue weighted by atomic mass is 16.3. The topological polar surface area (TPSA) is 78.8 Å². The average molecular weight is 236 g/mol. The van der Waals surface area contributed by atoms with Gasteiger partial charge >= 0.3 is 0 Å². The van der Waals surface area contributed by atoms with Crippen LogP contribution >= 0.6 is 0 Å². The molecular weight excluding hydrogens is 216 g/mol. The number of nitrogens with two attached hydrogens (primary N) is 2. The van der Waals surface area contributed by atoms with E-state index >= 15 is 0 Å². The van der Waals surface area contributed by atoms with Gasteiger partial charge in [-0.15, -0.1) is 0 Å². The van der Waals surface area contributed by atoms with Gasteiger partial charge in [-0.05, 0) is 43.9 Å². The second-order valence-electron chi connectivity index (χ2n) is 4.26. The van der Waals surface area contributed by atoms with Crippen LogP contribution in [-0.2, 0) is 0 Å². The zero-order valence-electron chi connectivity index (χ0n) is 10.5. The van der Waals surface area contributed by atoms with E-state index in [2.05, 4.69) is 0 Å². The Labute approximate surface area is 102 Å². The summed E-state index contributed by atoms with van der Waals surface area (Å²) in [6.07, 6.45) is 0. The number of aromatic hydroxyl groups is 1. The Bertz CT molecular complexity index is 395. The third kappa shape index (κ3) is 3.65. The van der Waals surface area contributed by atoms with E-state index in [9.17, 15) is 5.11 Å². The number of hydrogen-bond acceptors (Lipinski definition) is 5. The summed E-state index contributed by atoms with van der Waals surface area (Å²) in [5.74, 6) is 5.99. The van der Waals surface area contributed by atoms with Crippen LogP contribution in [0.25, 0.3) is 5.70 Å². The first-order chi connectivity index (χ1) is 7.91. The number of phenolic OH excluding ortho intramolecular Hbond substituents is 1. The van der Waals surface area contributed by atoms with E-state index in [0.29, 0.717) is 12.2 Å². The van der Waals surface area contributed by atoms with Crippen molar-refractivity contribution < 1.29 is 5.11 Å². The average Bonchev–Trinajstić information content (AvgIpc) is 2.25. The minimum Gasteiger partial charge on any atom is -0.508 e. The Morgan fingerprint density at radius 2 is 1.71 bits per heavy atom. The first-order valence-electron chi connectivity index (χ1n) is 5.33. The lowest BCUT2D eigenvalue weighted by Gasteiger charge is -2.23. The highest BCUT2D eigenvalue weighted by Crippen LogP contribution is 2.18. The van der Waals surface area contributed by atoms with Gasteiger partial charge in [0.05, 0.1) is 11.4 Å². The number of hydrazine groups is 1. The molecule has 1 aromatic rings. The summed E-state index contributed by atoms with van der Waals surface area (Å²) in [4.78, 5) is 1.99. The molecule has 0 aromatic heterocycles. The maximum absolute atomic E-state index is 9.23. The first-order valence-corrected chi connectivity index (χ1v) is 5.33. The largest absolute Gasteiger partial charge is 0.508 e. The van der Waals surface area contributed by atoms with Crippen molar-refractivity contribution in [2.75, 3.05) is 27.7 Å². The van der Waals surface area contributed by atoms with Crippen LogP contribution < -0.4 is 11.6 Å². The van der Waals surface area contributed by atoms with Gasteiger partial charge in [-0.1, -0.05) is 0 Å². The van der Waals surface area contributed by atoms with Crippen LogP contribution in [0.2, 0.25) is 0 Å². The third-order valence-electron chi connectivity index (χ3n) is 2.38. The van der Waals surface area contributed by atoms with Crippen molar-refractivity contribution in [1.29, 1.82) is 0 Å². The maximum atomic E-state index is 9.23. The number of likely N-dealkylation sites (N-methyl/N-ethyl adjacent to an activating group) is 2.